The molecule has 0 atom stereocenters. The van der Waals surface area contributed by atoms with Gasteiger partial charge in [-0.25, -0.2) is 5.90 Å². The molecule has 0 amide bonds. The highest BCUT2D eigenvalue weighted by Gasteiger charge is 1.90. The van der Waals surface area contributed by atoms with E-state index in [-0.39, 0.29) is 0 Å². The van der Waals surface area contributed by atoms with Crippen molar-refractivity contribution in [1.82, 2.24) is 9.97 Å². The summed E-state index contributed by atoms with van der Waals surface area (Å²) in [7, 11) is 0. The molecular formula is C6H9N3O. The quantitative estimate of drug-likeness (QED) is 0.594. The molecule has 2 N–H and O–H groups in total. The predicted molar refractivity (Wildman–Crippen MR) is 35.9 cm³/mol. The van der Waals surface area contributed by atoms with Crippen molar-refractivity contribution in [3.63, 3.8) is 0 Å². The zero-order chi connectivity index (χ0) is 7.23. The van der Waals surface area contributed by atoms with Crippen molar-refractivity contribution in [3.8, 4) is 0 Å². The van der Waals surface area contributed by atoms with Crippen LogP contribution in [-0.2, 0) is 11.3 Å². The Bertz CT molecular complexity index is 178. The number of hydrogen-bond acceptors (Lipinski definition) is 4. The molecule has 0 fully saturated rings. The third-order valence-corrected chi connectivity index (χ3v) is 1.09. The minimum Gasteiger partial charge on any atom is -0.304 e. The van der Waals surface area contributed by atoms with Gasteiger partial charge in [0.15, 0.2) is 0 Å². The maximum atomic E-state index is 4.83. The van der Waals surface area contributed by atoms with Gasteiger partial charge in [-0.1, -0.05) is 0 Å². The molecule has 0 radical (unpaired) electrons. The van der Waals surface area contributed by atoms with Gasteiger partial charge in [-0.2, -0.15) is 0 Å². The molecule has 0 aromatic carbocycles. The summed E-state index contributed by atoms with van der Waals surface area (Å²) in [4.78, 5) is 12.3. The Balaban J connectivity index is 2.43. The number of hydrogen-bond donors (Lipinski definition) is 1. The lowest BCUT2D eigenvalue weighted by atomic mass is 10.3. The number of nitrogens with two attached hydrogens (primary N) is 1. The van der Waals surface area contributed by atoms with Gasteiger partial charge in [-0.3, -0.25) is 9.97 Å². The standard InChI is InChI=1S/C6H9N3O/c7-10-4-1-6-5-8-2-3-9-6/h2-3,5H,1,4,7H2. The number of aromatic nitrogens is 2. The van der Waals surface area contributed by atoms with Crippen LogP contribution in [-0.4, -0.2) is 16.6 Å². The SMILES string of the molecule is NOCCc1cnccn1. The monoisotopic (exact) mass is 139 g/mol. The van der Waals surface area contributed by atoms with Crippen LogP contribution in [0.3, 0.4) is 0 Å². The van der Waals surface area contributed by atoms with E-state index in [1.807, 2.05) is 0 Å². The number of nitrogens with zero attached hydrogens (tertiary/aromatic N) is 2. The largest absolute Gasteiger partial charge is 0.304 e. The third-order valence-electron chi connectivity index (χ3n) is 1.09. The van der Waals surface area contributed by atoms with Crippen LogP contribution in [0.4, 0.5) is 0 Å². The zero-order valence-corrected chi connectivity index (χ0v) is 5.53. The lowest BCUT2D eigenvalue weighted by Gasteiger charge is -1.95. The van der Waals surface area contributed by atoms with E-state index in [9.17, 15) is 0 Å². The molecule has 1 rings (SSSR count). The van der Waals surface area contributed by atoms with Crippen molar-refractivity contribution in [2.24, 2.45) is 5.90 Å². The molecule has 1 aromatic rings. The molecule has 10 heavy (non-hydrogen) atoms. The van der Waals surface area contributed by atoms with E-state index in [0.717, 1.165) is 5.69 Å². The molecule has 1 aromatic heterocycles. The van der Waals surface area contributed by atoms with Crippen molar-refractivity contribution in [2.75, 3.05) is 6.61 Å². The van der Waals surface area contributed by atoms with Gasteiger partial charge in [0.05, 0.1) is 12.3 Å². The van der Waals surface area contributed by atoms with E-state index < -0.39 is 0 Å². The van der Waals surface area contributed by atoms with Crippen molar-refractivity contribution in [3.05, 3.63) is 24.3 Å². The molecule has 4 heteroatoms. The summed E-state index contributed by atoms with van der Waals surface area (Å²) in [6.45, 7) is 0.485. The van der Waals surface area contributed by atoms with Gasteiger partial charge in [-0.15, -0.1) is 0 Å². The summed E-state index contributed by atoms with van der Waals surface area (Å²) in [6.07, 6.45) is 5.68. The Labute approximate surface area is 59.0 Å². The van der Waals surface area contributed by atoms with E-state index in [4.69, 9.17) is 5.90 Å². The van der Waals surface area contributed by atoms with Gasteiger partial charge in [0, 0.05) is 25.0 Å². The third kappa shape index (κ3) is 2.08. The highest BCUT2D eigenvalue weighted by molar-refractivity contribution is 4.94. The zero-order valence-electron chi connectivity index (χ0n) is 5.53. The van der Waals surface area contributed by atoms with Crippen LogP contribution in [0.15, 0.2) is 18.6 Å². The minimum absolute atomic E-state index is 0.485. The first-order chi connectivity index (χ1) is 4.93. The molecule has 1 heterocycles. The second kappa shape index (κ2) is 3.92. The highest BCUT2D eigenvalue weighted by atomic mass is 16.6. The van der Waals surface area contributed by atoms with E-state index in [2.05, 4.69) is 14.8 Å². The first-order valence-corrected chi connectivity index (χ1v) is 3.00. The predicted octanol–water partition coefficient (Wildman–Crippen LogP) is -0.0906. The fraction of sp³-hybridized carbons (Fsp3) is 0.333. The molecule has 0 aliphatic carbocycles. The second-order valence-corrected chi connectivity index (χ2v) is 1.82. The molecule has 0 bridgehead atoms. The summed E-state index contributed by atoms with van der Waals surface area (Å²) < 4.78 is 0. The molecule has 4 nitrogen and oxygen atoms in total. The van der Waals surface area contributed by atoms with Crippen LogP contribution in [0.25, 0.3) is 0 Å². The van der Waals surface area contributed by atoms with Crippen LogP contribution >= 0.6 is 0 Å². The van der Waals surface area contributed by atoms with Crippen molar-refractivity contribution in [2.45, 2.75) is 6.42 Å². The van der Waals surface area contributed by atoms with E-state index in [1.54, 1.807) is 18.6 Å². The highest BCUT2D eigenvalue weighted by Crippen LogP contribution is 1.89. The minimum atomic E-state index is 0.485. The van der Waals surface area contributed by atoms with Crippen LogP contribution in [0.2, 0.25) is 0 Å². The van der Waals surface area contributed by atoms with Gasteiger partial charge in [0.25, 0.3) is 0 Å². The molecule has 0 saturated carbocycles. The molecule has 0 aliphatic heterocycles. The van der Waals surface area contributed by atoms with Crippen LogP contribution < -0.4 is 5.90 Å². The normalized spacial score (nSPS) is 9.70. The Morgan fingerprint density at radius 3 is 3.00 bits per heavy atom. The first-order valence-electron chi connectivity index (χ1n) is 3.00. The van der Waals surface area contributed by atoms with E-state index in [0.29, 0.717) is 13.0 Å². The molecular weight excluding hydrogens is 130 g/mol. The van der Waals surface area contributed by atoms with Crippen molar-refractivity contribution < 1.29 is 4.84 Å². The Morgan fingerprint density at radius 1 is 1.50 bits per heavy atom. The van der Waals surface area contributed by atoms with Gasteiger partial charge in [-0.05, 0) is 0 Å². The Morgan fingerprint density at radius 2 is 2.40 bits per heavy atom. The average molecular weight is 139 g/mol. The lowest BCUT2D eigenvalue weighted by Crippen LogP contribution is -2.04. The summed E-state index contributed by atoms with van der Waals surface area (Å²) in [5, 5.41) is 0. The fourth-order valence-electron chi connectivity index (χ4n) is 0.623. The van der Waals surface area contributed by atoms with Crippen molar-refractivity contribution >= 4 is 0 Å². The van der Waals surface area contributed by atoms with Crippen LogP contribution in [0.5, 0.6) is 0 Å². The fourth-order valence-corrected chi connectivity index (χ4v) is 0.623. The Hall–Kier alpha value is -1.00. The first kappa shape index (κ1) is 7.11. The molecule has 54 valence electrons. The second-order valence-electron chi connectivity index (χ2n) is 1.82. The maximum absolute atomic E-state index is 4.83. The molecule has 0 unspecified atom stereocenters. The molecule has 0 saturated heterocycles. The van der Waals surface area contributed by atoms with E-state index in [1.165, 1.54) is 0 Å². The summed E-state index contributed by atoms with van der Waals surface area (Å²) in [6, 6.07) is 0. The maximum Gasteiger partial charge on any atom is 0.0735 e. The van der Waals surface area contributed by atoms with Crippen LogP contribution in [0.1, 0.15) is 5.69 Å². The summed E-state index contributed by atoms with van der Waals surface area (Å²) in [5.74, 6) is 4.83. The summed E-state index contributed by atoms with van der Waals surface area (Å²) in [5.41, 5.74) is 0.896. The lowest BCUT2D eigenvalue weighted by molar-refractivity contribution is 0.140. The van der Waals surface area contributed by atoms with Gasteiger partial charge in [0.2, 0.25) is 0 Å². The number of rotatable bonds is 3. The molecule has 0 aliphatic rings. The Kier molecular flexibility index (Phi) is 2.79. The topological polar surface area (TPSA) is 61.0 Å². The summed E-state index contributed by atoms with van der Waals surface area (Å²) >= 11 is 0. The van der Waals surface area contributed by atoms with E-state index >= 15 is 0 Å². The average Bonchev–Trinajstić information content (AvgIpc) is 2.03. The van der Waals surface area contributed by atoms with Gasteiger partial charge < -0.3 is 4.84 Å². The van der Waals surface area contributed by atoms with Crippen molar-refractivity contribution in [1.29, 1.82) is 0 Å². The molecule has 0 spiro atoms. The smallest absolute Gasteiger partial charge is 0.0735 e. The van der Waals surface area contributed by atoms with Gasteiger partial charge >= 0.3 is 0 Å². The van der Waals surface area contributed by atoms with Gasteiger partial charge in [0.1, 0.15) is 0 Å². The van der Waals surface area contributed by atoms with Crippen LogP contribution in [0, 0.1) is 0 Å².